The fraction of sp³-hybridized carbons (Fsp3) is 0.294. The molecule has 1 heterocycles. The molecule has 2 aromatic carbocycles. The molecule has 0 amide bonds. The first-order valence-corrected chi connectivity index (χ1v) is 7.69. The lowest BCUT2D eigenvalue weighted by atomic mass is 10.1. The summed E-state index contributed by atoms with van der Waals surface area (Å²) in [6.07, 6.45) is 3.80. The Labute approximate surface area is 123 Å². The van der Waals surface area contributed by atoms with Crippen molar-refractivity contribution in [3.63, 3.8) is 0 Å². The van der Waals surface area contributed by atoms with Gasteiger partial charge in [0.15, 0.2) is 0 Å². The molecule has 0 fully saturated rings. The lowest BCUT2D eigenvalue weighted by molar-refractivity contribution is 0.714. The van der Waals surface area contributed by atoms with E-state index in [0.717, 1.165) is 17.6 Å². The maximum Gasteiger partial charge on any atom is 0.0429 e. The van der Waals surface area contributed by atoms with Crippen molar-refractivity contribution in [3.8, 4) is 0 Å². The van der Waals surface area contributed by atoms with Crippen molar-refractivity contribution in [2.75, 3.05) is 11.4 Å². The Bertz CT molecular complexity index is 547. The van der Waals surface area contributed by atoms with Gasteiger partial charge >= 0.3 is 0 Å². The molecule has 0 saturated heterocycles. The third kappa shape index (κ3) is 3.01. The molecule has 19 heavy (non-hydrogen) atoms. The zero-order valence-corrected chi connectivity index (χ0v) is 12.6. The first-order chi connectivity index (χ1) is 9.33. The second-order valence-electron chi connectivity index (χ2n) is 5.13. The van der Waals surface area contributed by atoms with E-state index >= 15 is 0 Å². The van der Waals surface area contributed by atoms with Crippen molar-refractivity contribution in [2.45, 2.75) is 25.8 Å². The van der Waals surface area contributed by atoms with Gasteiger partial charge in [-0.05, 0) is 48.6 Å². The average Bonchev–Trinajstić information content (AvgIpc) is 2.64. The van der Waals surface area contributed by atoms with Crippen LogP contribution in [0.3, 0.4) is 0 Å². The van der Waals surface area contributed by atoms with E-state index in [-0.39, 0.29) is 0 Å². The monoisotopic (exact) mass is 315 g/mol. The smallest absolute Gasteiger partial charge is 0.0429 e. The molecule has 2 heteroatoms. The van der Waals surface area contributed by atoms with Crippen LogP contribution in [-0.4, -0.2) is 6.54 Å². The highest BCUT2D eigenvalue weighted by molar-refractivity contribution is 9.10. The highest BCUT2D eigenvalue weighted by Crippen LogP contribution is 2.27. The van der Waals surface area contributed by atoms with Gasteiger partial charge in [-0.1, -0.05) is 46.3 Å². The molecule has 0 atom stereocenters. The minimum Gasteiger partial charge on any atom is -0.367 e. The summed E-state index contributed by atoms with van der Waals surface area (Å²) >= 11 is 3.50. The molecular formula is C17H18BrN. The number of anilines is 1. The van der Waals surface area contributed by atoms with Gasteiger partial charge in [-0.15, -0.1) is 0 Å². The third-order valence-corrected chi connectivity index (χ3v) is 4.27. The number of para-hydroxylation sites is 1. The maximum absolute atomic E-state index is 3.50. The van der Waals surface area contributed by atoms with E-state index < -0.39 is 0 Å². The summed E-state index contributed by atoms with van der Waals surface area (Å²) in [5.41, 5.74) is 4.29. The molecule has 0 N–H and O–H groups in total. The van der Waals surface area contributed by atoms with Gasteiger partial charge in [-0.2, -0.15) is 0 Å². The predicted molar refractivity (Wildman–Crippen MR) is 84.6 cm³/mol. The van der Waals surface area contributed by atoms with Gasteiger partial charge in [0.05, 0.1) is 0 Å². The fourth-order valence-electron chi connectivity index (χ4n) is 2.74. The Hall–Kier alpha value is -1.28. The van der Waals surface area contributed by atoms with Crippen LogP contribution in [0.1, 0.15) is 24.0 Å². The van der Waals surface area contributed by atoms with Crippen LogP contribution < -0.4 is 4.90 Å². The molecule has 3 rings (SSSR count). The van der Waals surface area contributed by atoms with Gasteiger partial charge in [-0.3, -0.25) is 0 Å². The molecule has 0 saturated carbocycles. The molecule has 0 radical (unpaired) electrons. The van der Waals surface area contributed by atoms with E-state index in [0.29, 0.717) is 0 Å². The predicted octanol–water partition coefficient (Wildman–Crippen LogP) is 4.79. The van der Waals surface area contributed by atoms with E-state index in [1.54, 1.807) is 0 Å². The number of halogens is 1. The molecule has 2 aromatic rings. The van der Waals surface area contributed by atoms with Crippen molar-refractivity contribution in [2.24, 2.45) is 0 Å². The van der Waals surface area contributed by atoms with E-state index in [1.165, 1.54) is 36.1 Å². The minimum atomic E-state index is 1.00. The standard InChI is InChI=1S/C17H18BrN/c18-16-10-8-14(9-11-16)13-19-12-4-3-6-15-5-1-2-7-17(15)19/h1-2,5,7-11H,3-4,6,12-13H2. The van der Waals surface area contributed by atoms with Crippen LogP contribution in [0.25, 0.3) is 0 Å². The highest BCUT2D eigenvalue weighted by atomic mass is 79.9. The van der Waals surface area contributed by atoms with Crippen molar-refractivity contribution in [1.82, 2.24) is 0 Å². The summed E-state index contributed by atoms with van der Waals surface area (Å²) in [6, 6.07) is 17.5. The molecule has 98 valence electrons. The van der Waals surface area contributed by atoms with Crippen molar-refractivity contribution >= 4 is 21.6 Å². The number of hydrogen-bond acceptors (Lipinski definition) is 1. The zero-order chi connectivity index (χ0) is 13.1. The summed E-state index contributed by atoms with van der Waals surface area (Å²) in [5.74, 6) is 0. The molecule has 0 spiro atoms. The van der Waals surface area contributed by atoms with E-state index in [1.807, 2.05) is 0 Å². The van der Waals surface area contributed by atoms with E-state index in [4.69, 9.17) is 0 Å². The van der Waals surface area contributed by atoms with Crippen LogP contribution in [0.2, 0.25) is 0 Å². The van der Waals surface area contributed by atoms with Gasteiger partial charge in [0.1, 0.15) is 0 Å². The Morgan fingerprint density at radius 1 is 0.947 bits per heavy atom. The first kappa shape index (κ1) is 12.7. The van der Waals surface area contributed by atoms with Crippen LogP contribution in [-0.2, 0) is 13.0 Å². The molecule has 0 unspecified atom stereocenters. The number of nitrogens with zero attached hydrogens (tertiary/aromatic N) is 1. The highest BCUT2D eigenvalue weighted by Gasteiger charge is 2.14. The lowest BCUT2D eigenvalue weighted by Gasteiger charge is -2.25. The summed E-state index contributed by atoms with van der Waals surface area (Å²) in [7, 11) is 0. The summed E-state index contributed by atoms with van der Waals surface area (Å²) in [5, 5.41) is 0. The fourth-order valence-corrected chi connectivity index (χ4v) is 3.01. The van der Waals surface area contributed by atoms with Crippen LogP contribution in [0.4, 0.5) is 5.69 Å². The molecule has 1 aliphatic heterocycles. The summed E-state index contributed by atoms with van der Waals surface area (Å²) in [6.45, 7) is 2.16. The van der Waals surface area contributed by atoms with Gasteiger partial charge < -0.3 is 4.90 Å². The number of fused-ring (bicyclic) bond motifs is 1. The second kappa shape index (κ2) is 5.79. The largest absolute Gasteiger partial charge is 0.367 e. The Morgan fingerprint density at radius 3 is 2.58 bits per heavy atom. The van der Waals surface area contributed by atoms with Gasteiger partial charge in [0.25, 0.3) is 0 Å². The number of hydrogen-bond donors (Lipinski definition) is 0. The van der Waals surface area contributed by atoms with Crippen molar-refractivity contribution < 1.29 is 0 Å². The lowest BCUT2D eigenvalue weighted by Crippen LogP contribution is -2.23. The van der Waals surface area contributed by atoms with Crippen LogP contribution in [0.5, 0.6) is 0 Å². The van der Waals surface area contributed by atoms with Crippen LogP contribution >= 0.6 is 15.9 Å². The average molecular weight is 316 g/mol. The molecular weight excluding hydrogens is 298 g/mol. The van der Waals surface area contributed by atoms with E-state index in [9.17, 15) is 0 Å². The Kier molecular flexibility index (Phi) is 3.88. The normalized spacial score (nSPS) is 14.9. The molecule has 0 aliphatic carbocycles. The van der Waals surface area contributed by atoms with Gasteiger partial charge in [0, 0.05) is 23.2 Å². The summed E-state index contributed by atoms with van der Waals surface area (Å²) < 4.78 is 1.15. The quantitative estimate of drug-likeness (QED) is 0.770. The molecule has 1 aliphatic rings. The SMILES string of the molecule is Brc1ccc(CN2CCCCc3ccccc32)cc1. The molecule has 0 bridgehead atoms. The van der Waals surface area contributed by atoms with E-state index in [2.05, 4.69) is 69.4 Å². The third-order valence-electron chi connectivity index (χ3n) is 3.74. The summed E-state index contributed by atoms with van der Waals surface area (Å²) in [4.78, 5) is 2.52. The minimum absolute atomic E-state index is 1.00. The first-order valence-electron chi connectivity index (χ1n) is 6.90. The van der Waals surface area contributed by atoms with Crippen LogP contribution in [0.15, 0.2) is 53.0 Å². The van der Waals surface area contributed by atoms with Crippen molar-refractivity contribution in [3.05, 3.63) is 64.1 Å². The number of aryl methyl sites for hydroxylation is 1. The Morgan fingerprint density at radius 2 is 1.74 bits per heavy atom. The number of rotatable bonds is 2. The Balaban J connectivity index is 1.86. The van der Waals surface area contributed by atoms with Gasteiger partial charge in [-0.25, -0.2) is 0 Å². The van der Waals surface area contributed by atoms with Crippen molar-refractivity contribution in [1.29, 1.82) is 0 Å². The topological polar surface area (TPSA) is 3.24 Å². The molecule has 0 aromatic heterocycles. The second-order valence-corrected chi connectivity index (χ2v) is 6.05. The maximum atomic E-state index is 3.50. The van der Waals surface area contributed by atoms with Gasteiger partial charge in [0.2, 0.25) is 0 Å². The van der Waals surface area contributed by atoms with Crippen LogP contribution in [0, 0.1) is 0 Å². The number of benzene rings is 2. The molecule has 1 nitrogen and oxygen atoms in total. The zero-order valence-electron chi connectivity index (χ0n) is 11.0.